The summed E-state index contributed by atoms with van der Waals surface area (Å²) in [5, 5.41) is 3.50. The molecule has 2 atom stereocenters. The molecule has 32 heavy (non-hydrogen) atoms. The molecule has 0 aromatic heterocycles. The standard InChI is InChI=1S/C25H31ClN2O4/c1-17-15-28(16-18(2)31-17)24(30)25(3,4)32-22-11-5-19(6-12-22)13-14-27-23(29)20-7-9-21(26)10-8-20/h5-12,17-18H,13-16H2,1-4H3,(H,27,29)/t17-,18+. The molecule has 1 N–H and O–H groups in total. The van der Waals surface area contributed by atoms with Gasteiger partial charge in [-0.05, 0) is 76.1 Å². The first-order chi connectivity index (χ1) is 15.1. The number of ether oxygens (including phenoxy) is 2. The van der Waals surface area contributed by atoms with Crippen LogP contribution >= 0.6 is 11.6 Å². The van der Waals surface area contributed by atoms with Gasteiger partial charge in [0, 0.05) is 30.2 Å². The molecule has 1 saturated heterocycles. The number of carbonyl (C=O) groups is 2. The van der Waals surface area contributed by atoms with E-state index in [0.717, 1.165) is 5.56 Å². The third-order valence-electron chi connectivity index (χ3n) is 5.32. The van der Waals surface area contributed by atoms with Crippen LogP contribution in [0, 0.1) is 0 Å². The van der Waals surface area contributed by atoms with E-state index in [4.69, 9.17) is 21.1 Å². The second-order valence-corrected chi connectivity index (χ2v) is 9.17. The lowest BCUT2D eigenvalue weighted by atomic mass is 10.1. The second kappa shape index (κ2) is 10.4. The number of nitrogens with zero attached hydrogens (tertiary/aromatic N) is 1. The summed E-state index contributed by atoms with van der Waals surface area (Å²) >= 11 is 5.85. The van der Waals surface area contributed by atoms with Crippen LogP contribution in [0.15, 0.2) is 48.5 Å². The van der Waals surface area contributed by atoms with E-state index in [0.29, 0.717) is 42.4 Å². The monoisotopic (exact) mass is 458 g/mol. The number of morpholine rings is 1. The van der Waals surface area contributed by atoms with Gasteiger partial charge in [0.25, 0.3) is 11.8 Å². The average molecular weight is 459 g/mol. The molecule has 7 heteroatoms. The first kappa shape index (κ1) is 24.1. The highest BCUT2D eigenvalue weighted by atomic mass is 35.5. The van der Waals surface area contributed by atoms with Gasteiger partial charge >= 0.3 is 0 Å². The van der Waals surface area contributed by atoms with Gasteiger partial charge in [0.15, 0.2) is 5.60 Å². The summed E-state index contributed by atoms with van der Waals surface area (Å²) in [6.07, 6.45) is 0.710. The smallest absolute Gasteiger partial charge is 0.266 e. The van der Waals surface area contributed by atoms with Crippen LogP contribution in [0.4, 0.5) is 0 Å². The van der Waals surface area contributed by atoms with Gasteiger partial charge in [0.2, 0.25) is 0 Å². The highest BCUT2D eigenvalue weighted by molar-refractivity contribution is 6.30. The summed E-state index contributed by atoms with van der Waals surface area (Å²) < 4.78 is 11.8. The molecule has 1 heterocycles. The minimum absolute atomic E-state index is 0.0120. The van der Waals surface area contributed by atoms with Crippen molar-refractivity contribution in [3.8, 4) is 5.75 Å². The van der Waals surface area contributed by atoms with Crippen LogP contribution in [0.25, 0.3) is 0 Å². The first-order valence-electron chi connectivity index (χ1n) is 10.9. The number of carbonyl (C=O) groups excluding carboxylic acids is 2. The predicted octanol–water partition coefficient (Wildman–Crippen LogP) is 4.11. The molecular weight excluding hydrogens is 428 g/mol. The van der Waals surface area contributed by atoms with Crippen molar-refractivity contribution in [2.75, 3.05) is 19.6 Å². The van der Waals surface area contributed by atoms with Crippen molar-refractivity contribution in [1.82, 2.24) is 10.2 Å². The third-order valence-corrected chi connectivity index (χ3v) is 5.58. The van der Waals surface area contributed by atoms with Crippen molar-refractivity contribution in [3.63, 3.8) is 0 Å². The summed E-state index contributed by atoms with van der Waals surface area (Å²) in [5.74, 6) is 0.453. The Bertz CT molecular complexity index is 918. The molecule has 172 valence electrons. The number of hydrogen-bond acceptors (Lipinski definition) is 4. The summed E-state index contributed by atoms with van der Waals surface area (Å²) in [5.41, 5.74) is 0.660. The van der Waals surface area contributed by atoms with Gasteiger partial charge in [-0.1, -0.05) is 23.7 Å². The Morgan fingerprint density at radius 1 is 1.06 bits per heavy atom. The lowest BCUT2D eigenvalue weighted by Gasteiger charge is -2.39. The number of hydrogen-bond donors (Lipinski definition) is 1. The van der Waals surface area contributed by atoms with Crippen molar-refractivity contribution < 1.29 is 19.1 Å². The van der Waals surface area contributed by atoms with E-state index in [1.807, 2.05) is 43.0 Å². The Morgan fingerprint density at radius 3 is 2.25 bits per heavy atom. The predicted molar refractivity (Wildman–Crippen MR) is 125 cm³/mol. The Kier molecular flexibility index (Phi) is 7.80. The number of halogens is 1. The second-order valence-electron chi connectivity index (χ2n) is 8.74. The molecule has 1 aliphatic heterocycles. The van der Waals surface area contributed by atoms with Crippen LogP contribution in [-0.4, -0.2) is 54.2 Å². The molecule has 2 aromatic rings. The van der Waals surface area contributed by atoms with Crippen molar-refractivity contribution in [2.24, 2.45) is 0 Å². The zero-order valence-electron chi connectivity index (χ0n) is 19.1. The SMILES string of the molecule is C[C@@H]1CN(C(=O)C(C)(C)Oc2ccc(CCNC(=O)c3ccc(Cl)cc3)cc2)C[C@H](C)O1. The fourth-order valence-corrected chi connectivity index (χ4v) is 3.94. The van der Waals surface area contributed by atoms with E-state index in [2.05, 4.69) is 5.32 Å². The maximum absolute atomic E-state index is 13.0. The fourth-order valence-electron chi connectivity index (χ4n) is 3.81. The first-order valence-corrected chi connectivity index (χ1v) is 11.3. The number of amides is 2. The molecule has 2 aromatic carbocycles. The number of rotatable bonds is 7. The molecule has 1 fully saturated rings. The van der Waals surface area contributed by atoms with Gasteiger partial charge in [-0.2, -0.15) is 0 Å². The molecule has 0 aliphatic carbocycles. The van der Waals surface area contributed by atoms with E-state index >= 15 is 0 Å². The minimum atomic E-state index is -0.981. The molecular formula is C25H31ClN2O4. The molecule has 0 spiro atoms. The fraction of sp³-hybridized carbons (Fsp3) is 0.440. The molecule has 1 aliphatic rings. The van der Waals surface area contributed by atoms with Crippen LogP contribution in [-0.2, 0) is 16.0 Å². The highest BCUT2D eigenvalue weighted by Crippen LogP contribution is 2.23. The quantitative estimate of drug-likeness (QED) is 0.678. The molecule has 0 radical (unpaired) electrons. The molecule has 0 bridgehead atoms. The highest BCUT2D eigenvalue weighted by Gasteiger charge is 2.37. The molecule has 2 amide bonds. The summed E-state index contributed by atoms with van der Waals surface area (Å²) in [7, 11) is 0. The number of benzene rings is 2. The minimum Gasteiger partial charge on any atom is -0.478 e. The molecule has 3 rings (SSSR count). The van der Waals surface area contributed by atoms with Crippen LogP contribution in [0.2, 0.25) is 5.02 Å². The maximum Gasteiger partial charge on any atom is 0.266 e. The maximum atomic E-state index is 13.0. The van der Waals surface area contributed by atoms with Gasteiger partial charge in [-0.15, -0.1) is 0 Å². The van der Waals surface area contributed by atoms with Crippen molar-refractivity contribution in [1.29, 1.82) is 0 Å². The van der Waals surface area contributed by atoms with Crippen LogP contribution in [0.1, 0.15) is 43.6 Å². The lowest BCUT2D eigenvalue weighted by Crippen LogP contribution is -2.55. The molecule has 6 nitrogen and oxygen atoms in total. The van der Waals surface area contributed by atoms with Gasteiger partial charge < -0.3 is 19.7 Å². The van der Waals surface area contributed by atoms with E-state index in [1.165, 1.54) is 0 Å². The summed E-state index contributed by atoms with van der Waals surface area (Å²) in [4.78, 5) is 27.0. The summed E-state index contributed by atoms with van der Waals surface area (Å²) in [6, 6.07) is 14.4. The van der Waals surface area contributed by atoms with Gasteiger partial charge in [-0.3, -0.25) is 9.59 Å². The molecule has 0 saturated carbocycles. The average Bonchev–Trinajstić information content (AvgIpc) is 2.74. The summed E-state index contributed by atoms with van der Waals surface area (Å²) in [6.45, 7) is 9.17. The van der Waals surface area contributed by atoms with E-state index < -0.39 is 5.60 Å². The Morgan fingerprint density at radius 2 is 1.66 bits per heavy atom. The normalized spacial score (nSPS) is 18.8. The van der Waals surface area contributed by atoms with Crippen LogP contribution < -0.4 is 10.1 Å². The van der Waals surface area contributed by atoms with Crippen molar-refractivity contribution in [2.45, 2.75) is 51.9 Å². The lowest BCUT2D eigenvalue weighted by molar-refractivity contribution is -0.156. The Hall–Kier alpha value is -2.57. The van der Waals surface area contributed by atoms with Crippen LogP contribution in [0.3, 0.4) is 0 Å². The Labute approximate surface area is 194 Å². The zero-order valence-corrected chi connectivity index (χ0v) is 19.8. The van der Waals surface area contributed by atoms with Gasteiger partial charge in [0.05, 0.1) is 12.2 Å². The Balaban J connectivity index is 1.50. The van der Waals surface area contributed by atoms with Crippen molar-refractivity contribution >= 4 is 23.4 Å². The van der Waals surface area contributed by atoms with E-state index in [1.54, 1.807) is 38.1 Å². The molecule has 0 unspecified atom stereocenters. The van der Waals surface area contributed by atoms with Crippen LogP contribution in [0.5, 0.6) is 5.75 Å². The van der Waals surface area contributed by atoms with E-state index in [-0.39, 0.29) is 24.0 Å². The topological polar surface area (TPSA) is 67.9 Å². The largest absolute Gasteiger partial charge is 0.478 e. The zero-order chi connectivity index (χ0) is 23.3. The number of nitrogens with one attached hydrogen (secondary N) is 1. The van der Waals surface area contributed by atoms with Gasteiger partial charge in [0.1, 0.15) is 5.75 Å². The van der Waals surface area contributed by atoms with Crippen molar-refractivity contribution in [3.05, 3.63) is 64.7 Å². The third kappa shape index (κ3) is 6.47. The van der Waals surface area contributed by atoms with E-state index in [9.17, 15) is 9.59 Å². The van der Waals surface area contributed by atoms with Gasteiger partial charge in [-0.25, -0.2) is 0 Å².